The average molecular weight is 270 g/mol. The van der Waals surface area contributed by atoms with Gasteiger partial charge in [-0.15, -0.1) is 0 Å². The van der Waals surface area contributed by atoms with Crippen LogP contribution in [0.15, 0.2) is 0 Å². The molecule has 0 aromatic carbocycles. The summed E-state index contributed by atoms with van der Waals surface area (Å²) in [6, 6.07) is 0.735. The molecule has 3 nitrogen and oxygen atoms in total. The van der Waals surface area contributed by atoms with E-state index in [1.54, 1.807) is 7.11 Å². The first-order valence-electron chi connectivity index (χ1n) is 8.26. The van der Waals surface area contributed by atoms with Crippen LogP contribution in [-0.4, -0.2) is 50.8 Å². The van der Waals surface area contributed by atoms with Crippen LogP contribution in [0.3, 0.4) is 0 Å². The number of likely N-dealkylation sites (N-methyl/N-ethyl adjacent to an activating group) is 1. The highest BCUT2D eigenvalue weighted by atomic mass is 16.5. The molecular formula is C16H34N2O. The highest BCUT2D eigenvalue weighted by molar-refractivity contribution is 4.81. The van der Waals surface area contributed by atoms with Gasteiger partial charge in [0.25, 0.3) is 0 Å². The van der Waals surface area contributed by atoms with E-state index in [-0.39, 0.29) is 0 Å². The molecule has 3 heteroatoms. The van der Waals surface area contributed by atoms with Crippen LogP contribution in [0.2, 0.25) is 0 Å². The Morgan fingerprint density at radius 1 is 1.16 bits per heavy atom. The normalized spacial score (nSPS) is 24.6. The monoisotopic (exact) mass is 270 g/mol. The van der Waals surface area contributed by atoms with Gasteiger partial charge in [-0.05, 0) is 38.3 Å². The Morgan fingerprint density at radius 2 is 1.95 bits per heavy atom. The number of hydrogen-bond acceptors (Lipinski definition) is 3. The van der Waals surface area contributed by atoms with Gasteiger partial charge in [-0.1, -0.05) is 33.1 Å². The summed E-state index contributed by atoms with van der Waals surface area (Å²) >= 11 is 0. The lowest BCUT2D eigenvalue weighted by Crippen LogP contribution is -2.43. The molecule has 0 spiro atoms. The molecule has 0 saturated heterocycles. The summed E-state index contributed by atoms with van der Waals surface area (Å²) in [5.41, 5.74) is 0. The van der Waals surface area contributed by atoms with E-state index in [0.717, 1.165) is 31.7 Å². The molecular weight excluding hydrogens is 236 g/mol. The van der Waals surface area contributed by atoms with Crippen LogP contribution in [-0.2, 0) is 4.74 Å². The molecule has 19 heavy (non-hydrogen) atoms. The Morgan fingerprint density at radius 3 is 2.63 bits per heavy atom. The van der Waals surface area contributed by atoms with Crippen molar-refractivity contribution >= 4 is 0 Å². The van der Waals surface area contributed by atoms with Crippen LogP contribution < -0.4 is 5.32 Å². The van der Waals surface area contributed by atoms with Crippen molar-refractivity contribution in [1.82, 2.24) is 10.2 Å². The van der Waals surface area contributed by atoms with Crippen LogP contribution in [0.5, 0.6) is 0 Å². The number of ether oxygens (including phenoxy) is 1. The summed E-state index contributed by atoms with van der Waals surface area (Å²) in [5.74, 6) is 0.825. The van der Waals surface area contributed by atoms with Gasteiger partial charge in [-0.2, -0.15) is 0 Å². The van der Waals surface area contributed by atoms with Crippen LogP contribution in [0.4, 0.5) is 0 Å². The second kappa shape index (κ2) is 10.6. The second-order valence-corrected chi connectivity index (χ2v) is 5.84. The van der Waals surface area contributed by atoms with Crippen molar-refractivity contribution in [1.29, 1.82) is 0 Å². The minimum absolute atomic E-state index is 0.735. The lowest BCUT2D eigenvalue weighted by Gasteiger charge is -2.31. The summed E-state index contributed by atoms with van der Waals surface area (Å²) in [6.07, 6.45) is 8.24. The standard InChI is InChI=1S/C16H34N2O/c1-4-11-17-16-10-8-6-7-9-15(16)14-18(5-2)12-13-19-3/h15-17H,4-14H2,1-3H3. The Labute approximate surface area is 120 Å². The molecule has 0 aromatic rings. The molecule has 2 unspecified atom stereocenters. The fourth-order valence-corrected chi connectivity index (χ4v) is 3.13. The molecule has 0 aliphatic heterocycles. The number of hydrogen-bond donors (Lipinski definition) is 1. The van der Waals surface area contributed by atoms with Gasteiger partial charge in [0, 0.05) is 26.2 Å². The van der Waals surface area contributed by atoms with Crippen molar-refractivity contribution in [2.75, 3.05) is 39.9 Å². The van der Waals surface area contributed by atoms with E-state index in [0.29, 0.717) is 0 Å². The third-order valence-corrected chi connectivity index (χ3v) is 4.37. The molecule has 1 rings (SSSR count). The number of nitrogens with zero attached hydrogens (tertiary/aromatic N) is 1. The molecule has 1 aliphatic rings. The van der Waals surface area contributed by atoms with Gasteiger partial charge >= 0.3 is 0 Å². The minimum Gasteiger partial charge on any atom is -0.383 e. The molecule has 1 N–H and O–H groups in total. The second-order valence-electron chi connectivity index (χ2n) is 5.84. The maximum absolute atomic E-state index is 5.22. The van der Waals surface area contributed by atoms with Crippen LogP contribution >= 0.6 is 0 Å². The van der Waals surface area contributed by atoms with E-state index < -0.39 is 0 Å². The van der Waals surface area contributed by atoms with Crippen LogP contribution in [0, 0.1) is 5.92 Å². The zero-order chi connectivity index (χ0) is 13.9. The van der Waals surface area contributed by atoms with E-state index in [1.165, 1.54) is 51.6 Å². The van der Waals surface area contributed by atoms with Gasteiger partial charge in [0.1, 0.15) is 0 Å². The Hall–Kier alpha value is -0.120. The first kappa shape index (κ1) is 16.9. The Kier molecular flexibility index (Phi) is 9.48. The number of rotatable bonds is 9. The molecule has 1 fully saturated rings. The van der Waals surface area contributed by atoms with E-state index in [9.17, 15) is 0 Å². The average Bonchev–Trinajstić information content (AvgIpc) is 2.66. The molecule has 0 radical (unpaired) electrons. The third kappa shape index (κ3) is 6.73. The van der Waals surface area contributed by atoms with Gasteiger partial charge in [0.15, 0.2) is 0 Å². The van der Waals surface area contributed by atoms with Crippen LogP contribution in [0.25, 0.3) is 0 Å². The highest BCUT2D eigenvalue weighted by Gasteiger charge is 2.24. The van der Waals surface area contributed by atoms with Crippen molar-refractivity contribution < 1.29 is 4.74 Å². The molecule has 0 amide bonds. The van der Waals surface area contributed by atoms with Crippen molar-refractivity contribution in [3.8, 4) is 0 Å². The lowest BCUT2D eigenvalue weighted by molar-refractivity contribution is 0.131. The first-order valence-corrected chi connectivity index (χ1v) is 8.26. The molecule has 114 valence electrons. The van der Waals surface area contributed by atoms with Crippen LogP contribution in [0.1, 0.15) is 52.4 Å². The molecule has 1 saturated carbocycles. The quantitative estimate of drug-likeness (QED) is 0.652. The zero-order valence-electron chi connectivity index (χ0n) is 13.3. The predicted molar refractivity (Wildman–Crippen MR) is 82.6 cm³/mol. The van der Waals surface area contributed by atoms with E-state index in [2.05, 4.69) is 24.1 Å². The molecule has 0 aromatic heterocycles. The zero-order valence-corrected chi connectivity index (χ0v) is 13.3. The summed E-state index contributed by atoms with van der Waals surface area (Å²) in [4.78, 5) is 2.56. The topological polar surface area (TPSA) is 24.5 Å². The summed E-state index contributed by atoms with van der Waals surface area (Å²) in [7, 11) is 1.80. The fourth-order valence-electron chi connectivity index (χ4n) is 3.13. The smallest absolute Gasteiger partial charge is 0.0589 e. The highest BCUT2D eigenvalue weighted by Crippen LogP contribution is 2.24. The Bertz CT molecular complexity index is 211. The lowest BCUT2D eigenvalue weighted by atomic mass is 9.94. The van der Waals surface area contributed by atoms with E-state index >= 15 is 0 Å². The van der Waals surface area contributed by atoms with Gasteiger partial charge < -0.3 is 15.0 Å². The van der Waals surface area contributed by atoms with Crippen molar-refractivity contribution in [3.05, 3.63) is 0 Å². The summed E-state index contributed by atoms with van der Waals surface area (Å²) in [6.45, 7) is 10.0. The molecule has 1 aliphatic carbocycles. The van der Waals surface area contributed by atoms with Gasteiger partial charge in [0.05, 0.1) is 6.61 Å². The first-order chi connectivity index (χ1) is 9.31. The fraction of sp³-hybridized carbons (Fsp3) is 1.00. The Balaban J connectivity index is 2.47. The molecule has 0 heterocycles. The maximum atomic E-state index is 5.22. The van der Waals surface area contributed by atoms with Crippen molar-refractivity contribution in [2.45, 2.75) is 58.4 Å². The minimum atomic E-state index is 0.735. The third-order valence-electron chi connectivity index (χ3n) is 4.37. The summed E-state index contributed by atoms with van der Waals surface area (Å²) in [5, 5.41) is 3.79. The number of nitrogens with one attached hydrogen (secondary N) is 1. The summed E-state index contributed by atoms with van der Waals surface area (Å²) < 4.78 is 5.22. The predicted octanol–water partition coefficient (Wildman–Crippen LogP) is 2.90. The number of methoxy groups -OCH3 is 1. The van der Waals surface area contributed by atoms with Crippen molar-refractivity contribution in [3.63, 3.8) is 0 Å². The van der Waals surface area contributed by atoms with Crippen molar-refractivity contribution in [2.24, 2.45) is 5.92 Å². The largest absolute Gasteiger partial charge is 0.383 e. The van der Waals surface area contributed by atoms with Gasteiger partial charge in [-0.25, -0.2) is 0 Å². The van der Waals surface area contributed by atoms with Gasteiger partial charge in [0.2, 0.25) is 0 Å². The van der Waals surface area contributed by atoms with E-state index in [4.69, 9.17) is 4.74 Å². The SMILES string of the molecule is CCCNC1CCCCCC1CN(CC)CCOC. The van der Waals surface area contributed by atoms with E-state index in [1.807, 2.05) is 0 Å². The maximum Gasteiger partial charge on any atom is 0.0589 e. The molecule has 2 atom stereocenters. The van der Waals surface area contributed by atoms with Gasteiger partial charge in [-0.3, -0.25) is 0 Å². The molecule has 0 bridgehead atoms.